The molecule has 5 heteroatoms. The van der Waals surface area contributed by atoms with Crippen molar-refractivity contribution in [3.8, 4) is 0 Å². The standard InChI is InChI=1S/C13H14N2O2S/c1-9-7-14-11(18-9)8-15-13(17)12(16)10-5-3-2-4-6-10/h2-7,12,16H,8H2,1H3,(H,15,17). The Balaban J connectivity index is 1.92. The molecule has 0 fully saturated rings. The predicted molar refractivity (Wildman–Crippen MR) is 70.1 cm³/mol. The molecule has 2 rings (SSSR count). The fourth-order valence-corrected chi connectivity index (χ4v) is 2.26. The number of hydrogen-bond donors (Lipinski definition) is 2. The van der Waals surface area contributed by atoms with Gasteiger partial charge in [0.1, 0.15) is 5.01 Å². The van der Waals surface area contributed by atoms with E-state index in [0.29, 0.717) is 12.1 Å². The average Bonchev–Trinajstić information content (AvgIpc) is 2.82. The molecule has 1 atom stereocenters. The molecule has 2 aromatic rings. The SMILES string of the molecule is Cc1cnc(CNC(=O)C(O)c2ccccc2)s1. The van der Waals surface area contributed by atoms with Gasteiger partial charge >= 0.3 is 0 Å². The molecule has 0 aliphatic carbocycles. The molecule has 0 aliphatic rings. The van der Waals surface area contributed by atoms with Crippen LogP contribution in [0.5, 0.6) is 0 Å². The Labute approximate surface area is 109 Å². The van der Waals surface area contributed by atoms with Gasteiger partial charge in [0.05, 0.1) is 6.54 Å². The highest BCUT2D eigenvalue weighted by Crippen LogP contribution is 2.13. The normalized spacial score (nSPS) is 12.1. The van der Waals surface area contributed by atoms with Crippen LogP contribution in [0, 0.1) is 6.92 Å². The first kappa shape index (κ1) is 12.7. The molecule has 0 saturated heterocycles. The van der Waals surface area contributed by atoms with Crippen LogP contribution in [0.15, 0.2) is 36.5 Å². The lowest BCUT2D eigenvalue weighted by Gasteiger charge is -2.10. The van der Waals surface area contributed by atoms with Crippen molar-refractivity contribution in [2.45, 2.75) is 19.6 Å². The molecule has 1 unspecified atom stereocenters. The lowest BCUT2D eigenvalue weighted by molar-refractivity contribution is -0.129. The third-order valence-corrected chi connectivity index (χ3v) is 3.36. The lowest BCUT2D eigenvalue weighted by atomic mass is 10.1. The maximum atomic E-state index is 11.7. The summed E-state index contributed by atoms with van der Waals surface area (Å²) in [4.78, 5) is 17.0. The second kappa shape index (κ2) is 5.75. The van der Waals surface area contributed by atoms with Gasteiger partial charge in [-0.25, -0.2) is 4.98 Å². The Morgan fingerprint density at radius 2 is 2.17 bits per heavy atom. The van der Waals surface area contributed by atoms with Gasteiger partial charge in [0.2, 0.25) is 0 Å². The van der Waals surface area contributed by atoms with E-state index < -0.39 is 12.0 Å². The first-order chi connectivity index (χ1) is 8.66. The third kappa shape index (κ3) is 3.15. The van der Waals surface area contributed by atoms with E-state index in [1.807, 2.05) is 13.0 Å². The van der Waals surface area contributed by atoms with Crippen LogP contribution in [0.3, 0.4) is 0 Å². The molecule has 1 heterocycles. The van der Waals surface area contributed by atoms with Crippen LogP contribution in [-0.4, -0.2) is 16.0 Å². The van der Waals surface area contributed by atoms with Crippen LogP contribution < -0.4 is 5.32 Å². The van der Waals surface area contributed by atoms with Crippen molar-refractivity contribution in [1.29, 1.82) is 0 Å². The van der Waals surface area contributed by atoms with E-state index >= 15 is 0 Å². The summed E-state index contributed by atoms with van der Waals surface area (Å²) in [6.07, 6.45) is 0.632. The summed E-state index contributed by atoms with van der Waals surface area (Å²) >= 11 is 1.53. The Morgan fingerprint density at radius 1 is 1.44 bits per heavy atom. The van der Waals surface area contributed by atoms with E-state index in [1.54, 1.807) is 30.5 Å². The summed E-state index contributed by atoms with van der Waals surface area (Å²) in [7, 11) is 0. The number of hydrogen-bond acceptors (Lipinski definition) is 4. The number of nitrogens with one attached hydrogen (secondary N) is 1. The van der Waals surface area contributed by atoms with E-state index in [2.05, 4.69) is 10.3 Å². The molecule has 2 N–H and O–H groups in total. The topological polar surface area (TPSA) is 62.2 Å². The van der Waals surface area contributed by atoms with E-state index in [9.17, 15) is 9.90 Å². The summed E-state index contributed by atoms with van der Waals surface area (Å²) in [5.41, 5.74) is 0.588. The van der Waals surface area contributed by atoms with E-state index in [4.69, 9.17) is 0 Å². The van der Waals surface area contributed by atoms with Crippen LogP contribution in [0.2, 0.25) is 0 Å². The summed E-state index contributed by atoms with van der Waals surface area (Å²) in [6, 6.07) is 8.86. The maximum Gasteiger partial charge on any atom is 0.253 e. The van der Waals surface area contributed by atoms with Gasteiger partial charge in [-0.05, 0) is 12.5 Å². The van der Waals surface area contributed by atoms with Gasteiger partial charge in [-0.1, -0.05) is 30.3 Å². The highest BCUT2D eigenvalue weighted by molar-refractivity contribution is 7.11. The van der Waals surface area contributed by atoms with Crippen molar-refractivity contribution in [3.63, 3.8) is 0 Å². The largest absolute Gasteiger partial charge is 0.378 e. The van der Waals surface area contributed by atoms with Crippen LogP contribution in [0.25, 0.3) is 0 Å². The van der Waals surface area contributed by atoms with Gasteiger partial charge in [-0.2, -0.15) is 0 Å². The second-order valence-electron chi connectivity index (χ2n) is 3.90. The number of aliphatic hydroxyl groups is 1. The van der Waals surface area contributed by atoms with Gasteiger partial charge in [0, 0.05) is 11.1 Å². The summed E-state index contributed by atoms with van der Waals surface area (Å²) < 4.78 is 0. The zero-order valence-electron chi connectivity index (χ0n) is 9.96. The number of thiazole rings is 1. The molecular formula is C13H14N2O2S. The molecule has 0 radical (unpaired) electrons. The van der Waals surface area contributed by atoms with Crippen molar-refractivity contribution in [3.05, 3.63) is 52.0 Å². The highest BCUT2D eigenvalue weighted by atomic mass is 32.1. The molecule has 1 aromatic carbocycles. The maximum absolute atomic E-state index is 11.7. The number of rotatable bonds is 4. The first-order valence-electron chi connectivity index (χ1n) is 5.59. The average molecular weight is 262 g/mol. The summed E-state index contributed by atoms with van der Waals surface area (Å²) in [6.45, 7) is 2.31. The summed E-state index contributed by atoms with van der Waals surface area (Å²) in [5.74, 6) is -0.408. The Morgan fingerprint density at radius 3 is 2.78 bits per heavy atom. The van der Waals surface area contributed by atoms with Gasteiger partial charge < -0.3 is 10.4 Å². The van der Waals surface area contributed by atoms with Crippen molar-refractivity contribution in [2.24, 2.45) is 0 Å². The first-order valence-corrected chi connectivity index (χ1v) is 6.40. The summed E-state index contributed by atoms with van der Waals surface area (Å²) in [5, 5.41) is 13.3. The number of aliphatic hydroxyl groups excluding tert-OH is 1. The molecule has 0 saturated carbocycles. The molecule has 94 valence electrons. The van der Waals surface area contributed by atoms with Crippen molar-refractivity contribution >= 4 is 17.2 Å². The molecule has 18 heavy (non-hydrogen) atoms. The Kier molecular flexibility index (Phi) is 4.07. The van der Waals surface area contributed by atoms with E-state index in [1.165, 1.54) is 11.3 Å². The van der Waals surface area contributed by atoms with Crippen LogP contribution in [0.1, 0.15) is 21.6 Å². The number of nitrogens with zero attached hydrogens (tertiary/aromatic N) is 1. The van der Waals surface area contributed by atoms with Crippen molar-refractivity contribution < 1.29 is 9.90 Å². The zero-order chi connectivity index (χ0) is 13.0. The number of benzene rings is 1. The molecule has 1 amide bonds. The highest BCUT2D eigenvalue weighted by Gasteiger charge is 2.16. The van der Waals surface area contributed by atoms with Crippen LogP contribution in [0.4, 0.5) is 0 Å². The van der Waals surface area contributed by atoms with E-state index in [-0.39, 0.29) is 0 Å². The number of carbonyl (C=O) groups is 1. The van der Waals surface area contributed by atoms with Gasteiger partial charge in [0.15, 0.2) is 6.10 Å². The van der Waals surface area contributed by atoms with Crippen LogP contribution in [-0.2, 0) is 11.3 Å². The van der Waals surface area contributed by atoms with Crippen LogP contribution >= 0.6 is 11.3 Å². The van der Waals surface area contributed by atoms with Crippen molar-refractivity contribution in [1.82, 2.24) is 10.3 Å². The minimum absolute atomic E-state index is 0.348. The fraction of sp³-hybridized carbons (Fsp3) is 0.231. The fourth-order valence-electron chi connectivity index (χ4n) is 1.53. The molecule has 4 nitrogen and oxygen atoms in total. The minimum atomic E-state index is -1.13. The quantitative estimate of drug-likeness (QED) is 0.883. The third-order valence-electron chi connectivity index (χ3n) is 2.45. The molecule has 0 bridgehead atoms. The number of carbonyl (C=O) groups excluding carboxylic acids is 1. The zero-order valence-corrected chi connectivity index (χ0v) is 10.8. The Hall–Kier alpha value is -1.72. The molecule has 1 aromatic heterocycles. The number of amides is 1. The molecule has 0 aliphatic heterocycles. The van der Waals surface area contributed by atoms with Gasteiger partial charge in [-0.3, -0.25) is 4.79 Å². The predicted octanol–water partition coefficient (Wildman–Crippen LogP) is 1.80. The van der Waals surface area contributed by atoms with Gasteiger partial charge in [0.25, 0.3) is 5.91 Å². The smallest absolute Gasteiger partial charge is 0.253 e. The second-order valence-corrected chi connectivity index (χ2v) is 5.21. The van der Waals surface area contributed by atoms with Gasteiger partial charge in [-0.15, -0.1) is 11.3 Å². The van der Waals surface area contributed by atoms with E-state index in [0.717, 1.165) is 9.88 Å². The van der Waals surface area contributed by atoms with Crippen molar-refractivity contribution in [2.75, 3.05) is 0 Å². The molecular weight excluding hydrogens is 248 g/mol. The molecule has 0 spiro atoms. The number of aromatic nitrogens is 1. The number of aryl methyl sites for hydroxylation is 1. The lowest BCUT2D eigenvalue weighted by Crippen LogP contribution is -2.28. The minimum Gasteiger partial charge on any atom is -0.378 e. The Bertz CT molecular complexity index is 525. The monoisotopic (exact) mass is 262 g/mol.